The lowest BCUT2D eigenvalue weighted by molar-refractivity contribution is 0.285. The molecule has 1 aromatic heterocycles. The van der Waals surface area contributed by atoms with Crippen LogP contribution >= 0.6 is 0 Å². The molecular formula is C12H23N3O. The molecule has 0 aliphatic heterocycles. The topological polar surface area (TPSA) is 64.9 Å². The molecule has 1 rings (SSSR count). The third-order valence-electron chi connectivity index (χ3n) is 2.77. The molecule has 4 nitrogen and oxygen atoms in total. The third kappa shape index (κ3) is 3.93. The molecule has 0 saturated carbocycles. The van der Waals surface area contributed by atoms with Gasteiger partial charge in [0.15, 0.2) is 5.82 Å². The summed E-state index contributed by atoms with van der Waals surface area (Å²) in [7, 11) is 0. The van der Waals surface area contributed by atoms with E-state index in [-0.39, 0.29) is 11.5 Å². The Labute approximate surface area is 97.6 Å². The summed E-state index contributed by atoms with van der Waals surface area (Å²) in [6, 6.07) is 0.0481. The summed E-state index contributed by atoms with van der Waals surface area (Å²) in [5.74, 6) is 1.46. The highest BCUT2D eigenvalue weighted by molar-refractivity contribution is 4.92. The fourth-order valence-corrected chi connectivity index (χ4v) is 1.30. The summed E-state index contributed by atoms with van der Waals surface area (Å²) < 4.78 is 5.19. The van der Waals surface area contributed by atoms with Crippen LogP contribution in [0, 0.1) is 5.41 Å². The number of hydrogen-bond acceptors (Lipinski definition) is 4. The summed E-state index contributed by atoms with van der Waals surface area (Å²) in [6.07, 6.45) is 3.79. The molecular weight excluding hydrogens is 202 g/mol. The highest BCUT2D eigenvalue weighted by Gasteiger charge is 2.23. The van der Waals surface area contributed by atoms with Crippen LogP contribution in [0.3, 0.4) is 0 Å². The van der Waals surface area contributed by atoms with E-state index in [4.69, 9.17) is 10.3 Å². The normalized spacial score (nSPS) is 14.1. The van der Waals surface area contributed by atoms with Crippen molar-refractivity contribution >= 4 is 0 Å². The number of aryl methyl sites for hydroxylation is 1. The van der Waals surface area contributed by atoms with Crippen molar-refractivity contribution in [2.75, 3.05) is 0 Å². The van der Waals surface area contributed by atoms with Gasteiger partial charge in [0.25, 0.3) is 0 Å². The zero-order valence-corrected chi connectivity index (χ0v) is 10.8. The largest absolute Gasteiger partial charge is 0.339 e. The molecule has 0 radical (unpaired) electrons. The van der Waals surface area contributed by atoms with Gasteiger partial charge in [0, 0.05) is 18.9 Å². The highest BCUT2D eigenvalue weighted by Crippen LogP contribution is 2.20. The second-order valence-electron chi connectivity index (χ2n) is 5.38. The minimum absolute atomic E-state index is 0.0481. The van der Waals surface area contributed by atoms with Gasteiger partial charge in [0.05, 0.1) is 0 Å². The van der Waals surface area contributed by atoms with Crippen molar-refractivity contribution in [3.8, 4) is 0 Å². The maximum Gasteiger partial charge on any atom is 0.228 e. The molecule has 16 heavy (non-hydrogen) atoms. The van der Waals surface area contributed by atoms with E-state index in [9.17, 15) is 0 Å². The maximum atomic E-state index is 6.06. The van der Waals surface area contributed by atoms with Crippen LogP contribution in [0.15, 0.2) is 4.52 Å². The maximum absolute atomic E-state index is 6.06. The van der Waals surface area contributed by atoms with E-state index in [1.165, 1.54) is 0 Å². The smallest absolute Gasteiger partial charge is 0.228 e. The molecule has 0 aliphatic rings. The lowest BCUT2D eigenvalue weighted by atomic mass is 9.85. The van der Waals surface area contributed by atoms with Crippen LogP contribution in [0.1, 0.15) is 52.3 Å². The van der Waals surface area contributed by atoms with E-state index >= 15 is 0 Å². The predicted molar refractivity (Wildman–Crippen MR) is 64.0 cm³/mol. The number of unbranched alkanes of at least 4 members (excludes halogenated alkanes) is 1. The first-order valence-corrected chi connectivity index (χ1v) is 6.00. The molecule has 92 valence electrons. The van der Waals surface area contributed by atoms with Crippen LogP contribution in [0.4, 0.5) is 0 Å². The zero-order valence-electron chi connectivity index (χ0n) is 10.8. The number of rotatable bonds is 5. The van der Waals surface area contributed by atoms with Crippen LogP contribution in [-0.2, 0) is 12.8 Å². The van der Waals surface area contributed by atoms with Gasteiger partial charge in [-0.25, -0.2) is 0 Å². The molecule has 0 fully saturated rings. The van der Waals surface area contributed by atoms with Crippen molar-refractivity contribution in [2.45, 2.75) is 59.4 Å². The van der Waals surface area contributed by atoms with Gasteiger partial charge in [-0.1, -0.05) is 39.3 Å². The Balaban J connectivity index is 2.52. The Morgan fingerprint density at radius 2 is 2.06 bits per heavy atom. The Bertz CT molecular complexity index is 314. The molecule has 1 atom stereocenters. The molecule has 2 N–H and O–H groups in total. The second-order valence-corrected chi connectivity index (χ2v) is 5.38. The van der Waals surface area contributed by atoms with Crippen LogP contribution in [0.2, 0.25) is 0 Å². The molecule has 0 aliphatic carbocycles. The van der Waals surface area contributed by atoms with Crippen LogP contribution < -0.4 is 5.73 Å². The van der Waals surface area contributed by atoms with Crippen LogP contribution in [0.25, 0.3) is 0 Å². The summed E-state index contributed by atoms with van der Waals surface area (Å²) in [5.41, 5.74) is 6.13. The standard InChI is InChI=1S/C12H23N3O/c1-5-6-7-10-14-11(16-15-10)8-9(13)12(2,3)4/h9H,5-8,13H2,1-4H3. The molecule has 0 amide bonds. The molecule has 1 unspecified atom stereocenters. The first kappa shape index (κ1) is 13.2. The van der Waals surface area contributed by atoms with E-state index in [0.29, 0.717) is 12.3 Å². The molecule has 0 saturated heterocycles. The van der Waals surface area contributed by atoms with Crippen LogP contribution in [0.5, 0.6) is 0 Å². The van der Waals surface area contributed by atoms with E-state index < -0.39 is 0 Å². The van der Waals surface area contributed by atoms with Gasteiger partial charge in [-0.2, -0.15) is 4.98 Å². The zero-order chi connectivity index (χ0) is 12.2. The molecule has 0 aromatic carbocycles. The van der Waals surface area contributed by atoms with Crippen molar-refractivity contribution in [3.63, 3.8) is 0 Å². The van der Waals surface area contributed by atoms with Gasteiger partial charge in [-0.15, -0.1) is 0 Å². The lowest BCUT2D eigenvalue weighted by Gasteiger charge is -2.25. The second kappa shape index (κ2) is 5.43. The predicted octanol–water partition coefficient (Wildman–Crippen LogP) is 2.33. The minimum Gasteiger partial charge on any atom is -0.339 e. The fourth-order valence-electron chi connectivity index (χ4n) is 1.30. The van der Waals surface area contributed by atoms with Crippen molar-refractivity contribution in [1.82, 2.24) is 10.1 Å². The Morgan fingerprint density at radius 3 is 2.62 bits per heavy atom. The molecule has 0 spiro atoms. The van der Waals surface area contributed by atoms with Crippen LogP contribution in [-0.4, -0.2) is 16.2 Å². The van der Waals surface area contributed by atoms with Gasteiger partial charge < -0.3 is 10.3 Å². The molecule has 4 heteroatoms. The Kier molecular flexibility index (Phi) is 4.47. The van der Waals surface area contributed by atoms with E-state index in [0.717, 1.165) is 25.1 Å². The Morgan fingerprint density at radius 1 is 1.38 bits per heavy atom. The van der Waals surface area contributed by atoms with Crippen molar-refractivity contribution in [2.24, 2.45) is 11.1 Å². The quantitative estimate of drug-likeness (QED) is 0.835. The monoisotopic (exact) mass is 225 g/mol. The molecule has 1 aromatic rings. The van der Waals surface area contributed by atoms with Crippen molar-refractivity contribution < 1.29 is 4.52 Å². The van der Waals surface area contributed by atoms with E-state index in [2.05, 4.69) is 37.8 Å². The lowest BCUT2D eigenvalue weighted by Crippen LogP contribution is -2.36. The van der Waals surface area contributed by atoms with Gasteiger partial charge in [0.1, 0.15) is 0 Å². The van der Waals surface area contributed by atoms with Gasteiger partial charge in [-0.3, -0.25) is 0 Å². The van der Waals surface area contributed by atoms with Gasteiger partial charge >= 0.3 is 0 Å². The average molecular weight is 225 g/mol. The Hall–Kier alpha value is -0.900. The number of hydrogen-bond donors (Lipinski definition) is 1. The molecule has 0 bridgehead atoms. The minimum atomic E-state index is 0.0481. The van der Waals surface area contributed by atoms with Crippen molar-refractivity contribution in [1.29, 1.82) is 0 Å². The fraction of sp³-hybridized carbons (Fsp3) is 0.833. The first-order chi connectivity index (χ1) is 7.43. The average Bonchev–Trinajstić information content (AvgIpc) is 2.61. The summed E-state index contributed by atoms with van der Waals surface area (Å²) >= 11 is 0. The van der Waals surface area contributed by atoms with Crippen molar-refractivity contribution in [3.05, 3.63) is 11.7 Å². The molecule has 1 heterocycles. The third-order valence-corrected chi connectivity index (χ3v) is 2.77. The van der Waals surface area contributed by atoms with E-state index in [1.54, 1.807) is 0 Å². The summed E-state index contributed by atoms with van der Waals surface area (Å²) in [5, 5.41) is 3.95. The highest BCUT2D eigenvalue weighted by atomic mass is 16.5. The SMILES string of the molecule is CCCCc1noc(CC(N)C(C)(C)C)n1. The summed E-state index contributed by atoms with van der Waals surface area (Å²) in [4.78, 5) is 4.34. The first-order valence-electron chi connectivity index (χ1n) is 6.00. The number of nitrogens with two attached hydrogens (primary N) is 1. The van der Waals surface area contributed by atoms with E-state index in [1.807, 2.05) is 0 Å². The van der Waals surface area contributed by atoms with Gasteiger partial charge in [0.2, 0.25) is 5.89 Å². The summed E-state index contributed by atoms with van der Waals surface area (Å²) in [6.45, 7) is 8.50. The number of nitrogens with zero attached hydrogens (tertiary/aromatic N) is 2. The van der Waals surface area contributed by atoms with Gasteiger partial charge in [-0.05, 0) is 11.8 Å². The number of aromatic nitrogens is 2.